The lowest BCUT2D eigenvalue weighted by Gasteiger charge is -2.19. The number of aliphatic hydroxyl groups is 2. The van der Waals surface area contributed by atoms with Crippen LogP contribution in [0.5, 0.6) is 0 Å². The van der Waals surface area contributed by atoms with Gasteiger partial charge in [-0.2, -0.15) is 0 Å². The predicted octanol–water partition coefficient (Wildman–Crippen LogP) is -1.31. The lowest BCUT2D eigenvalue weighted by atomic mass is 9.94. The van der Waals surface area contributed by atoms with Crippen molar-refractivity contribution in [3.05, 3.63) is 11.6 Å². The standard InChI is InChI=1S/C7H8O5/c8-4-1-3(7(11)12)2-5(9)6(4)10/h1,4,6,8,10H,2H2,(H,11,12)/t4-,6+/m1/s1. The van der Waals surface area contributed by atoms with Gasteiger partial charge in [0.15, 0.2) is 5.78 Å². The molecule has 0 fully saturated rings. The largest absolute Gasteiger partial charge is 0.478 e. The summed E-state index contributed by atoms with van der Waals surface area (Å²) in [5.41, 5.74) is -0.169. The smallest absolute Gasteiger partial charge is 0.331 e. The highest BCUT2D eigenvalue weighted by atomic mass is 16.4. The molecule has 0 aliphatic heterocycles. The second-order valence-corrected chi connectivity index (χ2v) is 2.58. The number of aliphatic hydroxyl groups excluding tert-OH is 2. The Morgan fingerprint density at radius 1 is 1.50 bits per heavy atom. The summed E-state index contributed by atoms with van der Waals surface area (Å²) in [5, 5.41) is 26.3. The lowest BCUT2D eigenvalue weighted by Crippen LogP contribution is -2.37. The van der Waals surface area contributed by atoms with Crippen LogP contribution in [0, 0.1) is 0 Å². The molecule has 3 N–H and O–H groups in total. The predicted molar refractivity (Wildman–Crippen MR) is 37.4 cm³/mol. The van der Waals surface area contributed by atoms with Gasteiger partial charge in [0, 0.05) is 12.0 Å². The molecule has 1 rings (SSSR count). The number of rotatable bonds is 1. The zero-order valence-electron chi connectivity index (χ0n) is 6.10. The molecule has 0 spiro atoms. The summed E-state index contributed by atoms with van der Waals surface area (Å²) in [5.74, 6) is -1.91. The lowest BCUT2D eigenvalue weighted by molar-refractivity contribution is -0.137. The van der Waals surface area contributed by atoms with E-state index in [0.29, 0.717) is 0 Å². The first-order chi connectivity index (χ1) is 5.52. The molecule has 0 aromatic rings. The van der Waals surface area contributed by atoms with Crippen molar-refractivity contribution in [2.75, 3.05) is 0 Å². The van der Waals surface area contributed by atoms with Gasteiger partial charge in [-0.05, 0) is 6.08 Å². The van der Waals surface area contributed by atoms with Crippen molar-refractivity contribution in [1.29, 1.82) is 0 Å². The van der Waals surface area contributed by atoms with E-state index in [1.807, 2.05) is 0 Å². The van der Waals surface area contributed by atoms with Crippen LogP contribution in [-0.4, -0.2) is 39.3 Å². The highest BCUT2D eigenvalue weighted by Gasteiger charge is 2.30. The fourth-order valence-corrected chi connectivity index (χ4v) is 0.986. The summed E-state index contributed by atoms with van der Waals surface area (Å²) in [6.45, 7) is 0. The number of aliphatic carboxylic acids is 1. The molecule has 0 saturated carbocycles. The molecule has 0 radical (unpaired) electrons. The van der Waals surface area contributed by atoms with Gasteiger partial charge in [-0.3, -0.25) is 4.79 Å². The van der Waals surface area contributed by atoms with E-state index in [0.717, 1.165) is 6.08 Å². The number of ketones is 1. The number of carboxylic acids is 1. The van der Waals surface area contributed by atoms with Gasteiger partial charge in [-0.25, -0.2) is 4.79 Å². The van der Waals surface area contributed by atoms with Crippen LogP contribution < -0.4 is 0 Å². The maximum absolute atomic E-state index is 10.8. The molecule has 5 nitrogen and oxygen atoms in total. The Balaban J connectivity index is 2.88. The fraction of sp³-hybridized carbons (Fsp3) is 0.429. The summed E-state index contributed by atoms with van der Waals surface area (Å²) in [7, 11) is 0. The average Bonchev–Trinajstić information content (AvgIpc) is 1.99. The summed E-state index contributed by atoms with van der Waals surface area (Å²) in [6.07, 6.45) is -2.22. The van der Waals surface area contributed by atoms with Crippen LogP contribution in [0.15, 0.2) is 11.6 Å². The van der Waals surface area contributed by atoms with E-state index >= 15 is 0 Å². The Morgan fingerprint density at radius 3 is 2.50 bits per heavy atom. The second-order valence-electron chi connectivity index (χ2n) is 2.58. The molecule has 1 aliphatic carbocycles. The summed E-state index contributed by atoms with van der Waals surface area (Å²) in [4.78, 5) is 21.1. The van der Waals surface area contributed by atoms with E-state index in [-0.39, 0.29) is 12.0 Å². The monoisotopic (exact) mass is 172 g/mol. The van der Waals surface area contributed by atoms with E-state index in [9.17, 15) is 9.59 Å². The third-order valence-electron chi connectivity index (χ3n) is 1.66. The third kappa shape index (κ3) is 1.51. The first-order valence-corrected chi connectivity index (χ1v) is 3.35. The maximum atomic E-state index is 10.8. The molecular weight excluding hydrogens is 164 g/mol. The molecule has 0 heterocycles. The Morgan fingerprint density at radius 2 is 2.08 bits per heavy atom. The molecule has 0 saturated heterocycles. The maximum Gasteiger partial charge on any atom is 0.331 e. The van der Waals surface area contributed by atoms with Gasteiger partial charge in [-0.15, -0.1) is 0 Å². The first-order valence-electron chi connectivity index (χ1n) is 3.35. The van der Waals surface area contributed by atoms with Crippen molar-refractivity contribution in [1.82, 2.24) is 0 Å². The molecule has 5 heteroatoms. The van der Waals surface area contributed by atoms with Crippen LogP contribution in [-0.2, 0) is 9.59 Å². The van der Waals surface area contributed by atoms with Gasteiger partial charge in [0.2, 0.25) is 0 Å². The molecule has 0 unspecified atom stereocenters. The minimum absolute atomic E-state index is 0.169. The van der Waals surface area contributed by atoms with Crippen LogP contribution in [0.25, 0.3) is 0 Å². The number of carbonyl (C=O) groups is 2. The van der Waals surface area contributed by atoms with E-state index < -0.39 is 24.0 Å². The molecule has 0 bridgehead atoms. The average molecular weight is 172 g/mol. The molecule has 66 valence electrons. The zero-order valence-corrected chi connectivity index (χ0v) is 6.10. The quantitative estimate of drug-likeness (QED) is 0.456. The van der Waals surface area contributed by atoms with Gasteiger partial charge in [0.25, 0.3) is 0 Å². The van der Waals surface area contributed by atoms with Gasteiger partial charge in [0.05, 0.1) is 0 Å². The number of hydrogen-bond donors (Lipinski definition) is 3. The number of carbonyl (C=O) groups excluding carboxylic acids is 1. The van der Waals surface area contributed by atoms with Crippen molar-refractivity contribution in [3.8, 4) is 0 Å². The molecule has 0 aromatic carbocycles. The molecule has 0 aromatic heterocycles. The Kier molecular flexibility index (Phi) is 2.25. The second kappa shape index (κ2) is 3.04. The van der Waals surface area contributed by atoms with Crippen molar-refractivity contribution in [2.24, 2.45) is 0 Å². The van der Waals surface area contributed by atoms with E-state index in [1.165, 1.54) is 0 Å². The van der Waals surface area contributed by atoms with Crippen LogP contribution >= 0.6 is 0 Å². The third-order valence-corrected chi connectivity index (χ3v) is 1.66. The summed E-state index contributed by atoms with van der Waals surface area (Å²) in [6, 6.07) is 0. The number of carboxylic acid groups (broad SMARTS) is 1. The van der Waals surface area contributed by atoms with Crippen molar-refractivity contribution in [3.63, 3.8) is 0 Å². The number of Topliss-reactive ketones (excluding diaryl/α,β-unsaturated/α-hetero) is 1. The highest BCUT2D eigenvalue weighted by Crippen LogP contribution is 2.15. The Hall–Kier alpha value is -1.20. The summed E-state index contributed by atoms with van der Waals surface area (Å²) >= 11 is 0. The van der Waals surface area contributed by atoms with Crippen LogP contribution in [0.1, 0.15) is 6.42 Å². The highest BCUT2D eigenvalue weighted by molar-refractivity contribution is 5.98. The zero-order chi connectivity index (χ0) is 9.30. The van der Waals surface area contributed by atoms with E-state index in [2.05, 4.69) is 0 Å². The van der Waals surface area contributed by atoms with Gasteiger partial charge >= 0.3 is 5.97 Å². The van der Waals surface area contributed by atoms with Gasteiger partial charge in [0.1, 0.15) is 12.2 Å². The molecular formula is C7H8O5. The molecule has 2 atom stereocenters. The van der Waals surface area contributed by atoms with Crippen molar-refractivity contribution < 1.29 is 24.9 Å². The number of hydrogen-bond acceptors (Lipinski definition) is 4. The minimum atomic E-state index is -1.48. The van der Waals surface area contributed by atoms with Crippen LogP contribution in [0.3, 0.4) is 0 Å². The van der Waals surface area contributed by atoms with Gasteiger partial charge in [-0.1, -0.05) is 0 Å². The normalized spacial score (nSPS) is 29.8. The molecule has 12 heavy (non-hydrogen) atoms. The van der Waals surface area contributed by atoms with Crippen LogP contribution in [0.2, 0.25) is 0 Å². The molecule has 1 aliphatic rings. The van der Waals surface area contributed by atoms with Crippen molar-refractivity contribution in [2.45, 2.75) is 18.6 Å². The van der Waals surface area contributed by atoms with E-state index in [4.69, 9.17) is 15.3 Å². The molecule has 0 amide bonds. The topological polar surface area (TPSA) is 94.8 Å². The summed E-state index contributed by atoms with van der Waals surface area (Å²) < 4.78 is 0. The first kappa shape index (κ1) is 8.89. The van der Waals surface area contributed by atoms with E-state index in [1.54, 1.807) is 0 Å². The Labute approximate surface area is 67.9 Å². The SMILES string of the molecule is O=C(O)C1=C[C@@H](O)[C@H](O)C(=O)C1. The fourth-order valence-electron chi connectivity index (χ4n) is 0.986. The Bertz CT molecular complexity index is 255. The minimum Gasteiger partial charge on any atom is -0.478 e. The van der Waals surface area contributed by atoms with Gasteiger partial charge < -0.3 is 15.3 Å². The van der Waals surface area contributed by atoms with Crippen LogP contribution in [0.4, 0.5) is 0 Å². The van der Waals surface area contributed by atoms with Crippen molar-refractivity contribution >= 4 is 11.8 Å².